The van der Waals surface area contributed by atoms with E-state index in [0.29, 0.717) is 39.1 Å². The summed E-state index contributed by atoms with van der Waals surface area (Å²) in [5, 5.41) is 0. The Labute approximate surface area is 134 Å². The smallest absolute Gasteiger partial charge is 0.243 e. The molecule has 6 nitrogen and oxygen atoms in total. The van der Waals surface area contributed by atoms with Gasteiger partial charge in [-0.3, -0.25) is 4.79 Å². The molecule has 0 aromatic heterocycles. The van der Waals surface area contributed by atoms with Crippen molar-refractivity contribution in [2.24, 2.45) is 0 Å². The van der Waals surface area contributed by atoms with E-state index in [1.54, 1.807) is 4.90 Å². The van der Waals surface area contributed by atoms with Crippen LogP contribution in [0.2, 0.25) is 0 Å². The maximum atomic E-state index is 13.4. The van der Waals surface area contributed by atoms with Crippen molar-refractivity contribution in [3.63, 3.8) is 0 Å². The van der Waals surface area contributed by atoms with E-state index in [1.165, 1.54) is 22.5 Å². The number of carbonyl (C=O) groups is 1. The van der Waals surface area contributed by atoms with Gasteiger partial charge in [-0.25, -0.2) is 12.8 Å². The van der Waals surface area contributed by atoms with Gasteiger partial charge in [0.05, 0.1) is 18.1 Å². The molecule has 2 saturated heterocycles. The molecule has 8 heteroatoms. The van der Waals surface area contributed by atoms with Gasteiger partial charge in [-0.15, -0.1) is 0 Å². The summed E-state index contributed by atoms with van der Waals surface area (Å²) in [7, 11) is -3.88. The zero-order chi connectivity index (χ0) is 16.4. The molecule has 2 fully saturated rings. The second-order valence-corrected chi connectivity index (χ2v) is 7.56. The second kappa shape index (κ2) is 6.54. The third kappa shape index (κ3) is 3.24. The maximum Gasteiger partial charge on any atom is 0.243 e. The molecule has 0 spiro atoms. The van der Waals surface area contributed by atoms with Crippen LogP contribution in [-0.2, 0) is 19.6 Å². The molecule has 3 rings (SSSR count). The van der Waals surface area contributed by atoms with E-state index in [2.05, 4.69) is 0 Å². The van der Waals surface area contributed by atoms with Crippen molar-refractivity contribution in [1.82, 2.24) is 9.21 Å². The first-order valence-corrected chi connectivity index (χ1v) is 9.08. The van der Waals surface area contributed by atoms with Gasteiger partial charge in [0.25, 0.3) is 0 Å². The molecule has 1 aromatic carbocycles. The Morgan fingerprint density at radius 1 is 1.22 bits per heavy atom. The lowest BCUT2D eigenvalue weighted by atomic mass is 10.2. The van der Waals surface area contributed by atoms with Crippen LogP contribution in [0.5, 0.6) is 0 Å². The number of rotatable bonds is 3. The molecule has 0 N–H and O–H groups in total. The molecule has 0 aliphatic carbocycles. The van der Waals surface area contributed by atoms with Crippen LogP contribution in [0.15, 0.2) is 29.2 Å². The first-order chi connectivity index (χ1) is 11.0. The SMILES string of the molecule is O=C(C1CCCN1S(=O)(=O)c1cccc(F)c1)N1CCOCC1. The standard InChI is InChI=1S/C15H19FN2O4S/c16-12-3-1-4-13(11-12)23(20,21)18-6-2-5-14(18)15(19)17-7-9-22-10-8-17/h1,3-4,11,14H,2,5-10H2. The summed E-state index contributed by atoms with van der Waals surface area (Å²) in [6, 6.07) is 4.19. The average Bonchev–Trinajstić information content (AvgIpc) is 3.05. The summed E-state index contributed by atoms with van der Waals surface area (Å²) < 4.78 is 45.3. The van der Waals surface area contributed by atoms with Crippen LogP contribution in [0.1, 0.15) is 12.8 Å². The average molecular weight is 342 g/mol. The lowest BCUT2D eigenvalue weighted by Gasteiger charge is -2.32. The predicted octanol–water partition coefficient (Wildman–Crippen LogP) is 0.838. The molecule has 2 aliphatic heterocycles. The minimum Gasteiger partial charge on any atom is -0.378 e. The first kappa shape index (κ1) is 16.4. The number of amides is 1. The summed E-state index contributed by atoms with van der Waals surface area (Å²) >= 11 is 0. The number of nitrogens with zero attached hydrogens (tertiary/aromatic N) is 2. The van der Waals surface area contributed by atoms with E-state index >= 15 is 0 Å². The fourth-order valence-electron chi connectivity index (χ4n) is 3.03. The fourth-order valence-corrected chi connectivity index (χ4v) is 4.71. The molecule has 126 valence electrons. The van der Waals surface area contributed by atoms with E-state index < -0.39 is 21.9 Å². The van der Waals surface area contributed by atoms with Gasteiger partial charge in [-0.05, 0) is 31.0 Å². The van der Waals surface area contributed by atoms with Gasteiger partial charge in [-0.2, -0.15) is 4.31 Å². The Morgan fingerprint density at radius 2 is 1.96 bits per heavy atom. The van der Waals surface area contributed by atoms with Crippen molar-refractivity contribution in [3.8, 4) is 0 Å². The Bertz CT molecular complexity index is 688. The number of hydrogen-bond donors (Lipinski definition) is 0. The first-order valence-electron chi connectivity index (χ1n) is 7.64. The number of benzene rings is 1. The van der Waals surface area contributed by atoms with Crippen molar-refractivity contribution in [2.75, 3.05) is 32.8 Å². The van der Waals surface area contributed by atoms with E-state index in [0.717, 1.165) is 6.07 Å². The van der Waals surface area contributed by atoms with Crippen LogP contribution in [0.25, 0.3) is 0 Å². The van der Waals surface area contributed by atoms with Gasteiger partial charge in [0.2, 0.25) is 15.9 Å². The highest BCUT2D eigenvalue weighted by molar-refractivity contribution is 7.89. The van der Waals surface area contributed by atoms with Crippen molar-refractivity contribution in [1.29, 1.82) is 0 Å². The van der Waals surface area contributed by atoms with Crippen molar-refractivity contribution in [3.05, 3.63) is 30.1 Å². The minimum absolute atomic E-state index is 0.112. The summed E-state index contributed by atoms with van der Waals surface area (Å²) in [4.78, 5) is 14.2. The second-order valence-electron chi connectivity index (χ2n) is 5.67. The molecule has 23 heavy (non-hydrogen) atoms. The van der Waals surface area contributed by atoms with Gasteiger partial charge < -0.3 is 9.64 Å². The molecule has 1 atom stereocenters. The van der Waals surface area contributed by atoms with E-state index in [-0.39, 0.29) is 17.3 Å². The molecule has 2 aliphatic rings. The number of hydrogen-bond acceptors (Lipinski definition) is 4. The van der Waals surface area contributed by atoms with Gasteiger partial charge in [0.15, 0.2) is 0 Å². The molecule has 2 heterocycles. The molecular formula is C15H19FN2O4S. The molecule has 1 amide bonds. The number of carbonyl (C=O) groups excluding carboxylic acids is 1. The molecule has 1 aromatic rings. The van der Waals surface area contributed by atoms with Crippen molar-refractivity contribution < 1.29 is 22.3 Å². The zero-order valence-electron chi connectivity index (χ0n) is 12.7. The number of halogens is 1. The third-order valence-electron chi connectivity index (χ3n) is 4.21. The summed E-state index contributed by atoms with van der Waals surface area (Å²) in [6.07, 6.45) is 1.11. The molecular weight excluding hydrogens is 323 g/mol. The van der Waals surface area contributed by atoms with Crippen LogP contribution in [0, 0.1) is 5.82 Å². The largest absolute Gasteiger partial charge is 0.378 e. The molecule has 1 unspecified atom stereocenters. The maximum absolute atomic E-state index is 13.4. The molecule has 0 saturated carbocycles. The van der Waals surface area contributed by atoms with Crippen LogP contribution in [0.4, 0.5) is 4.39 Å². The number of morpholine rings is 1. The van der Waals surface area contributed by atoms with E-state index in [4.69, 9.17) is 4.74 Å². The highest BCUT2D eigenvalue weighted by Crippen LogP contribution is 2.27. The Hall–Kier alpha value is -1.51. The zero-order valence-corrected chi connectivity index (χ0v) is 13.5. The van der Waals surface area contributed by atoms with Crippen LogP contribution >= 0.6 is 0 Å². The predicted molar refractivity (Wildman–Crippen MR) is 80.7 cm³/mol. The highest BCUT2D eigenvalue weighted by Gasteiger charge is 2.41. The topological polar surface area (TPSA) is 66.9 Å². The highest BCUT2D eigenvalue weighted by atomic mass is 32.2. The number of ether oxygens (including phenoxy) is 1. The van der Waals surface area contributed by atoms with Crippen LogP contribution in [-0.4, -0.2) is 62.4 Å². The summed E-state index contributed by atoms with van der Waals surface area (Å²) in [5.41, 5.74) is 0. The van der Waals surface area contributed by atoms with Gasteiger partial charge in [0, 0.05) is 19.6 Å². The van der Waals surface area contributed by atoms with Crippen molar-refractivity contribution in [2.45, 2.75) is 23.8 Å². The summed E-state index contributed by atoms with van der Waals surface area (Å²) in [5.74, 6) is -0.799. The molecule has 0 bridgehead atoms. The Balaban J connectivity index is 1.84. The van der Waals surface area contributed by atoms with E-state index in [1.807, 2.05) is 0 Å². The Kier molecular flexibility index (Phi) is 4.65. The summed E-state index contributed by atoms with van der Waals surface area (Å²) in [6.45, 7) is 2.16. The van der Waals surface area contributed by atoms with Gasteiger partial charge in [0.1, 0.15) is 11.9 Å². The Morgan fingerprint density at radius 3 is 2.65 bits per heavy atom. The minimum atomic E-state index is -3.88. The molecule has 0 radical (unpaired) electrons. The fraction of sp³-hybridized carbons (Fsp3) is 0.533. The quantitative estimate of drug-likeness (QED) is 0.816. The van der Waals surface area contributed by atoms with Gasteiger partial charge >= 0.3 is 0 Å². The van der Waals surface area contributed by atoms with Crippen molar-refractivity contribution >= 4 is 15.9 Å². The number of sulfonamides is 1. The van der Waals surface area contributed by atoms with E-state index in [9.17, 15) is 17.6 Å². The third-order valence-corrected chi connectivity index (χ3v) is 6.12. The normalized spacial score (nSPS) is 23.2. The monoisotopic (exact) mass is 342 g/mol. The van der Waals surface area contributed by atoms with Crippen LogP contribution < -0.4 is 0 Å². The lowest BCUT2D eigenvalue weighted by Crippen LogP contribution is -2.50. The lowest BCUT2D eigenvalue weighted by molar-refractivity contribution is -0.138. The van der Waals surface area contributed by atoms with Crippen LogP contribution in [0.3, 0.4) is 0 Å². The van der Waals surface area contributed by atoms with Gasteiger partial charge in [-0.1, -0.05) is 6.07 Å².